The molecule has 2 fully saturated rings. The number of carbonyl (C=O) groups excluding carboxylic acids is 2. The lowest BCUT2D eigenvalue weighted by atomic mass is 9.85. The molecule has 0 radical (unpaired) electrons. The maximum absolute atomic E-state index is 11.2. The summed E-state index contributed by atoms with van der Waals surface area (Å²) < 4.78 is 4.43. The number of carbonyl (C=O) groups is 2. The zero-order valence-electron chi connectivity index (χ0n) is 8.12. The standard InChI is InChI=1S/C10H15NO3/c12-9-8(11-10(13)14-9)6-7-4-2-1-3-5-7/h7-8H,1-6H2,(H,11,13). The van der Waals surface area contributed by atoms with Crippen LogP contribution in [0, 0.1) is 5.92 Å². The number of amides is 1. The molecule has 1 amide bonds. The fourth-order valence-electron chi connectivity index (χ4n) is 2.30. The Bertz CT molecular complexity index is 246. The van der Waals surface area contributed by atoms with Crippen molar-refractivity contribution in [2.45, 2.75) is 44.6 Å². The first-order valence-electron chi connectivity index (χ1n) is 5.28. The smallest absolute Gasteiger partial charge is 0.375 e. The van der Waals surface area contributed by atoms with Gasteiger partial charge in [-0.3, -0.25) is 0 Å². The number of esters is 1. The summed E-state index contributed by atoms with van der Waals surface area (Å²) in [7, 11) is 0. The summed E-state index contributed by atoms with van der Waals surface area (Å²) in [6.07, 6.45) is 6.33. The van der Waals surface area contributed by atoms with Crippen molar-refractivity contribution < 1.29 is 14.3 Å². The molecule has 2 aliphatic rings. The van der Waals surface area contributed by atoms with Crippen LogP contribution in [0.2, 0.25) is 0 Å². The third-order valence-electron chi connectivity index (χ3n) is 3.06. The van der Waals surface area contributed by atoms with Crippen LogP contribution in [0.15, 0.2) is 0 Å². The Morgan fingerprint density at radius 1 is 1.21 bits per heavy atom. The lowest BCUT2D eigenvalue weighted by Gasteiger charge is -2.22. The molecule has 1 aliphatic heterocycles. The molecule has 0 bridgehead atoms. The highest BCUT2D eigenvalue weighted by Crippen LogP contribution is 2.28. The van der Waals surface area contributed by atoms with Crippen molar-refractivity contribution in [2.75, 3.05) is 0 Å². The van der Waals surface area contributed by atoms with Gasteiger partial charge in [-0.1, -0.05) is 32.1 Å². The predicted molar refractivity (Wildman–Crippen MR) is 49.6 cm³/mol. The van der Waals surface area contributed by atoms with Crippen LogP contribution in [-0.4, -0.2) is 18.1 Å². The van der Waals surface area contributed by atoms with Gasteiger partial charge in [0, 0.05) is 0 Å². The minimum atomic E-state index is -0.587. The highest BCUT2D eigenvalue weighted by molar-refractivity contribution is 5.95. The molecule has 1 unspecified atom stereocenters. The second kappa shape index (κ2) is 3.98. The number of hydrogen-bond acceptors (Lipinski definition) is 3. The largest absolute Gasteiger partial charge is 0.415 e. The Hall–Kier alpha value is -1.06. The molecule has 2 rings (SSSR count). The molecule has 14 heavy (non-hydrogen) atoms. The topological polar surface area (TPSA) is 55.4 Å². The molecule has 1 aliphatic carbocycles. The number of ether oxygens (including phenoxy) is 1. The average Bonchev–Trinajstić information content (AvgIpc) is 2.47. The Labute approximate surface area is 83.0 Å². The molecule has 1 N–H and O–H groups in total. The Morgan fingerprint density at radius 2 is 1.93 bits per heavy atom. The van der Waals surface area contributed by atoms with Gasteiger partial charge in [-0.2, -0.15) is 0 Å². The van der Waals surface area contributed by atoms with E-state index in [-0.39, 0.29) is 6.04 Å². The van der Waals surface area contributed by atoms with E-state index in [9.17, 15) is 9.59 Å². The zero-order valence-corrected chi connectivity index (χ0v) is 8.12. The van der Waals surface area contributed by atoms with Crippen LogP contribution in [0.1, 0.15) is 38.5 Å². The van der Waals surface area contributed by atoms with E-state index in [4.69, 9.17) is 0 Å². The van der Waals surface area contributed by atoms with E-state index in [2.05, 4.69) is 10.1 Å². The summed E-state index contributed by atoms with van der Waals surface area (Å²) in [5.41, 5.74) is 0. The number of rotatable bonds is 2. The number of nitrogens with one attached hydrogen (secondary N) is 1. The van der Waals surface area contributed by atoms with Crippen molar-refractivity contribution in [3.8, 4) is 0 Å². The SMILES string of the molecule is O=C1NC(CC2CCCCC2)C(=O)O1. The van der Waals surface area contributed by atoms with Gasteiger partial charge in [-0.05, 0) is 12.3 Å². The third-order valence-corrected chi connectivity index (χ3v) is 3.06. The highest BCUT2D eigenvalue weighted by Gasteiger charge is 2.34. The van der Waals surface area contributed by atoms with Crippen LogP contribution in [-0.2, 0) is 9.53 Å². The minimum Gasteiger partial charge on any atom is -0.375 e. The van der Waals surface area contributed by atoms with Crippen LogP contribution < -0.4 is 5.32 Å². The molecular weight excluding hydrogens is 182 g/mol. The molecule has 0 spiro atoms. The Morgan fingerprint density at radius 3 is 2.50 bits per heavy atom. The molecule has 0 aromatic rings. The summed E-state index contributed by atoms with van der Waals surface area (Å²) in [4.78, 5) is 21.9. The van der Waals surface area contributed by atoms with Crippen molar-refractivity contribution in [1.82, 2.24) is 5.32 Å². The molecule has 1 saturated heterocycles. The van der Waals surface area contributed by atoms with Gasteiger partial charge in [0.15, 0.2) is 0 Å². The van der Waals surface area contributed by atoms with Gasteiger partial charge < -0.3 is 10.1 Å². The van der Waals surface area contributed by atoms with Crippen LogP contribution in [0.5, 0.6) is 0 Å². The van der Waals surface area contributed by atoms with Gasteiger partial charge in [0.25, 0.3) is 0 Å². The van der Waals surface area contributed by atoms with Gasteiger partial charge in [0.05, 0.1) is 0 Å². The number of hydrogen-bond donors (Lipinski definition) is 1. The number of cyclic esters (lactones) is 2. The first-order valence-corrected chi connectivity index (χ1v) is 5.28. The molecule has 0 aromatic heterocycles. The van der Waals surface area contributed by atoms with Crippen molar-refractivity contribution in [3.63, 3.8) is 0 Å². The van der Waals surface area contributed by atoms with Gasteiger partial charge in [-0.15, -0.1) is 0 Å². The highest BCUT2D eigenvalue weighted by atomic mass is 16.6. The maximum Gasteiger partial charge on any atom is 0.415 e. The molecular formula is C10H15NO3. The first-order chi connectivity index (χ1) is 6.75. The van der Waals surface area contributed by atoms with Gasteiger partial charge in [-0.25, -0.2) is 9.59 Å². The van der Waals surface area contributed by atoms with Gasteiger partial charge in [0.1, 0.15) is 6.04 Å². The molecule has 1 atom stereocenters. The van der Waals surface area contributed by atoms with Crippen molar-refractivity contribution in [2.24, 2.45) is 5.92 Å². The predicted octanol–water partition coefficient (Wildman–Crippen LogP) is 1.59. The molecule has 78 valence electrons. The summed E-state index contributed by atoms with van der Waals surface area (Å²) in [6.45, 7) is 0. The molecule has 1 saturated carbocycles. The van der Waals surface area contributed by atoms with Crippen LogP contribution in [0.25, 0.3) is 0 Å². The minimum absolute atomic E-state index is 0.384. The number of alkyl carbamates (subject to hydrolysis) is 1. The second-order valence-corrected chi connectivity index (χ2v) is 4.15. The Balaban J connectivity index is 1.84. The molecule has 4 heteroatoms. The fourth-order valence-corrected chi connectivity index (χ4v) is 2.30. The van der Waals surface area contributed by atoms with Gasteiger partial charge in [0.2, 0.25) is 0 Å². The van der Waals surface area contributed by atoms with Crippen molar-refractivity contribution in [1.29, 1.82) is 0 Å². The van der Waals surface area contributed by atoms with Crippen LogP contribution in [0.3, 0.4) is 0 Å². The van der Waals surface area contributed by atoms with E-state index in [0.717, 1.165) is 6.42 Å². The fraction of sp³-hybridized carbons (Fsp3) is 0.800. The van der Waals surface area contributed by atoms with E-state index in [1.807, 2.05) is 0 Å². The molecule has 1 heterocycles. The Kier molecular flexibility index (Phi) is 2.70. The summed E-state index contributed by atoms with van der Waals surface area (Å²) in [5, 5.41) is 2.54. The monoisotopic (exact) mass is 197 g/mol. The van der Waals surface area contributed by atoms with E-state index in [1.54, 1.807) is 0 Å². The van der Waals surface area contributed by atoms with E-state index < -0.39 is 12.1 Å². The van der Waals surface area contributed by atoms with E-state index in [1.165, 1.54) is 32.1 Å². The van der Waals surface area contributed by atoms with E-state index >= 15 is 0 Å². The summed E-state index contributed by atoms with van der Waals surface area (Å²) in [5.74, 6) is 0.181. The second-order valence-electron chi connectivity index (χ2n) is 4.15. The average molecular weight is 197 g/mol. The van der Waals surface area contributed by atoms with Crippen molar-refractivity contribution in [3.05, 3.63) is 0 Å². The summed E-state index contributed by atoms with van der Waals surface area (Å²) in [6, 6.07) is -0.384. The van der Waals surface area contributed by atoms with Gasteiger partial charge >= 0.3 is 12.1 Å². The normalized spacial score (nSPS) is 28.7. The van der Waals surface area contributed by atoms with Crippen LogP contribution in [0.4, 0.5) is 4.79 Å². The van der Waals surface area contributed by atoms with Crippen LogP contribution >= 0.6 is 0 Å². The third kappa shape index (κ3) is 2.05. The first kappa shape index (κ1) is 9.49. The lowest BCUT2D eigenvalue weighted by molar-refractivity contribution is -0.135. The lowest BCUT2D eigenvalue weighted by Crippen LogP contribution is -2.31. The summed E-state index contributed by atoms with van der Waals surface area (Å²) >= 11 is 0. The van der Waals surface area contributed by atoms with E-state index in [0.29, 0.717) is 5.92 Å². The molecule has 0 aromatic carbocycles. The van der Waals surface area contributed by atoms with Crippen molar-refractivity contribution >= 4 is 12.1 Å². The zero-order chi connectivity index (χ0) is 9.97. The quantitative estimate of drug-likeness (QED) is 0.540. The maximum atomic E-state index is 11.2. The molecule has 4 nitrogen and oxygen atoms in total.